The third kappa shape index (κ3) is 2.53. The quantitative estimate of drug-likeness (QED) is 0.860. The summed E-state index contributed by atoms with van der Waals surface area (Å²) in [6.45, 7) is 11.5. The Labute approximate surface area is 124 Å². The van der Waals surface area contributed by atoms with Gasteiger partial charge < -0.3 is 10.1 Å². The molecule has 2 atom stereocenters. The van der Waals surface area contributed by atoms with Gasteiger partial charge in [0.25, 0.3) is 0 Å². The highest BCUT2D eigenvalue weighted by Gasteiger charge is 2.52. The molecule has 3 rings (SSSR count). The summed E-state index contributed by atoms with van der Waals surface area (Å²) in [5, 5.41) is 3.88. The number of nitrogens with zero attached hydrogens (tertiary/aromatic N) is 1. The average molecular weight is 280 g/mol. The second kappa shape index (κ2) is 5.58. The summed E-state index contributed by atoms with van der Waals surface area (Å²) < 4.78 is 5.92. The van der Waals surface area contributed by atoms with Gasteiger partial charge in [-0.2, -0.15) is 0 Å². The molecule has 116 valence electrons. The van der Waals surface area contributed by atoms with Gasteiger partial charge in [-0.1, -0.05) is 26.7 Å². The van der Waals surface area contributed by atoms with Crippen molar-refractivity contribution in [3.63, 3.8) is 0 Å². The molecule has 1 heterocycles. The minimum absolute atomic E-state index is 0.320. The molecule has 1 spiro atoms. The van der Waals surface area contributed by atoms with Crippen LogP contribution in [0.3, 0.4) is 0 Å². The lowest BCUT2D eigenvalue weighted by molar-refractivity contribution is -0.151. The first kappa shape index (κ1) is 14.8. The van der Waals surface area contributed by atoms with Crippen LogP contribution in [0.2, 0.25) is 0 Å². The SMILES string of the molecule is CCOC1CC(N2CCCNC3(CCCC3)C2)C1(C)C. The Morgan fingerprint density at radius 1 is 1.20 bits per heavy atom. The molecule has 2 saturated carbocycles. The molecule has 0 aromatic carbocycles. The van der Waals surface area contributed by atoms with Crippen molar-refractivity contribution >= 4 is 0 Å². The lowest BCUT2D eigenvalue weighted by Crippen LogP contribution is -2.64. The molecule has 2 aliphatic carbocycles. The smallest absolute Gasteiger partial charge is 0.0655 e. The molecule has 0 aromatic heterocycles. The third-order valence-electron chi connectivity index (χ3n) is 6.12. The van der Waals surface area contributed by atoms with Crippen LogP contribution in [0.1, 0.15) is 59.3 Å². The van der Waals surface area contributed by atoms with Crippen molar-refractivity contribution in [2.45, 2.75) is 77.0 Å². The number of ether oxygens (including phenoxy) is 1. The highest BCUT2D eigenvalue weighted by atomic mass is 16.5. The highest BCUT2D eigenvalue weighted by molar-refractivity contribution is 5.07. The summed E-state index contributed by atoms with van der Waals surface area (Å²) in [6, 6.07) is 0.719. The predicted octanol–water partition coefficient (Wildman–Crippen LogP) is 2.80. The zero-order chi connectivity index (χ0) is 14.2. The summed E-state index contributed by atoms with van der Waals surface area (Å²) in [5.74, 6) is 0. The maximum absolute atomic E-state index is 5.92. The van der Waals surface area contributed by atoms with E-state index in [1.807, 2.05) is 0 Å². The van der Waals surface area contributed by atoms with Crippen molar-refractivity contribution < 1.29 is 4.74 Å². The zero-order valence-corrected chi connectivity index (χ0v) is 13.6. The van der Waals surface area contributed by atoms with E-state index in [9.17, 15) is 0 Å². The molecule has 1 N–H and O–H groups in total. The molecule has 0 aromatic rings. The van der Waals surface area contributed by atoms with Crippen LogP contribution in [0.5, 0.6) is 0 Å². The normalized spacial score (nSPS) is 36.8. The zero-order valence-electron chi connectivity index (χ0n) is 13.6. The van der Waals surface area contributed by atoms with E-state index < -0.39 is 0 Å². The fourth-order valence-electron chi connectivity index (χ4n) is 4.78. The van der Waals surface area contributed by atoms with Crippen LogP contribution >= 0.6 is 0 Å². The highest BCUT2D eigenvalue weighted by Crippen LogP contribution is 2.47. The van der Waals surface area contributed by atoms with E-state index in [1.54, 1.807) is 0 Å². The molecule has 2 unspecified atom stereocenters. The van der Waals surface area contributed by atoms with Gasteiger partial charge in [0, 0.05) is 30.1 Å². The van der Waals surface area contributed by atoms with Crippen LogP contribution < -0.4 is 5.32 Å². The predicted molar refractivity (Wildman–Crippen MR) is 83.0 cm³/mol. The number of hydrogen-bond donors (Lipinski definition) is 1. The Kier molecular flexibility index (Phi) is 4.13. The van der Waals surface area contributed by atoms with Crippen LogP contribution in [-0.4, -0.2) is 48.8 Å². The first-order valence-corrected chi connectivity index (χ1v) is 8.68. The van der Waals surface area contributed by atoms with E-state index in [0.29, 0.717) is 17.1 Å². The molecule has 3 fully saturated rings. The Morgan fingerprint density at radius 3 is 2.60 bits per heavy atom. The standard InChI is InChI=1S/C17H32N2O/c1-4-20-15-12-14(16(15,2)3)19-11-7-10-18-17(13-19)8-5-6-9-17/h14-15,18H,4-13H2,1-3H3. The monoisotopic (exact) mass is 280 g/mol. The summed E-state index contributed by atoms with van der Waals surface area (Å²) in [7, 11) is 0. The Balaban J connectivity index is 1.67. The first-order chi connectivity index (χ1) is 9.57. The molecule has 3 aliphatic rings. The van der Waals surface area contributed by atoms with E-state index in [2.05, 4.69) is 31.0 Å². The van der Waals surface area contributed by atoms with Gasteiger partial charge in [0.2, 0.25) is 0 Å². The van der Waals surface area contributed by atoms with E-state index in [0.717, 1.165) is 12.6 Å². The number of nitrogens with one attached hydrogen (secondary N) is 1. The molecule has 1 aliphatic heterocycles. The Bertz CT molecular complexity index is 336. The van der Waals surface area contributed by atoms with Gasteiger partial charge in [-0.05, 0) is 45.7 Å². The second-order valence-electron chi connectivity index (χ2n) is 7.76. The summed E-state index contributed by atoms with van der Waals surface area (Å²) >= 11 is 0. The largest absolute Gasteiger partial charge is 0.378 e. The molecule has 3 nitrogen and oxygen atoms in total. The van der Waals surface area contributed by atoms with Crippen molar-refractivity contribution in [3.8, 4) is 0 Å². The molecule has 1 saturated heterocycles. The minimum Gasteiger partial charge on any atom is -0.378 e. The maximum atomic E-state index is 5.92. The van der Waals surface area contributed by atoms with Crippen molar-refractivity contribution in [2.24, 2.45) is 5.41 Å². The topological polar surface area (TPSA) is 24.5 Å². The fourth-order valence-corrected chi connectivity index (χ4v) is 4.78. The molecular weight excluding hydrogens is 248 g/mol. The van der Waals surface area contributed by atoms with Crippen molar-refractivity contribution in [1.29, 1.82) is 0 Å². The fraction of sp³-hybridized carbons (Fsp3) is 1.00. The lowest BCUT2D eigenvalue weighted by Gasteiger charge is -2.56. The van der Waals surface area contributed by atoms with E-state index in [-0.39, 0.29) is 0 Å². The van der Waals surface area contributed by atoms with Crippen molar-refractivity contribution in [2.75, 3.05) is 26.2 Å². The molecule has 0 amide bonds. The van der Waals surface area contributed by atoms with Gasteiger partial charge in [-0.25, -0.2) is 0 Å². The van der Waals surface area contributed by atoms with Crippen LogP contribution in [-0.2, 0) is 4.74 Å². The Morgan fingerprint density at radius 2 is 1.95 bits per heavy atom. The van der Waals surface area contributed by atoms with Gasteiger partial charge in [0.15, 0.2) is 0 Å². The molecule has 3 heteroatoms. The number of hydrogen-bond acceptors (Lipinski definition) is 3. The first-order valence-electron chi connectivity index (χ1n) is 8.68. The van der Waals surface area contributed by atoms with Crippen molar-refractivity contribution in [3.05, 3.63) is 0 Å². The summed E-state index contributed by atoms with van der Waals surface area (Å²) in [4.78, 5) is 2.79. The van der Waals surface area contributed by atoms with Crippen LogP contribution in [0.4, 0.5) is 0 Å². The van der Waals surface area contributed by atoms with E-state index in [4.69, 9.17) is 4.74 Å². The molecular formula is C17H32N2O. The number of rotatable bonds is 3. The van der Waals surface area contributed by atoms with Crippen molar-refractivity contribution in [1.82, 2.24) is 10.2 Å². The average Bonchev–Trinajstić information content (AvgIpc) is 2.76. The Hall–Kier alpha value is -0.120. The van der Waals surface area contributed by atoms with Crippen LogP contribution in [0.25, 0.3) is 0 Å². The van der Waals surface area contributed by atoms with Gasteiger partial charge >= 0.3 is 0 Å². The van der Waals surface area contributed by atoms with Gasteiger partial charge in [0.05, 0.1) is 6.10 Å². The maximum Gasteiger partial charge on any atom is 0.0655 e. The van der Waals surface area contributed by atoms with Crippen LogP contribution in [0.15, 0.2) is 0 Å². The minimum atomic E-state index is 0.320. The summed E-state index contributed by atoms with van der Waals surface area (Å²) in [5.41, 5.74) is 0.753. The molecule has 0 radical (unpaired) electrons. The lowest BCUT2D eigenvalue weighted by atomic mass is 9.63. The van der Waals surface area contributed by atoms with Gasteiger partial charge in [0.1, 0.15) is 0 Å². The van der Waals surface area contributed by atoms with E-state index in [1.165, 1.54) is 58.2 Å². The molecule has 0 bridgehead atoms. The van der Waals surface area contributed by atoms with Crippen LogP contribution in [0, 0.1) is 5.41 Å². The van der Waals surface area contributed by atoms with Gasteiger partial charge in [-0.3, -0.25) is 4.90 Å². The van der Waals surface area contributed by atoms with Gasteiger partial charge in [-0.15, -0.1) is 0 Å². The summed E-state index contributed by atoms with van der Waals surface area (Å²) in [6.07, 6.45) is 8.59. The second-order valence-corrected chi connectivity index (χ2v) is 7.76. The van der Waals surface area contributed by atoms with E-state index >= 15 is 0 Å². The molecule has 20 heavy (non-hydrogen) atoms. The third-order valence-corrected chi connectivity index (χ3v) is 6.12.